The normalized spacial score (nSPS) is 14.6. The fourth-order valence-corrected chi connectivity index (χ4v) is 4.28. The molecule has 1 fully saturated rings. The number of nitrogens with one attached hydrogen (secondary N) is 2. The van der Waals surface area contributed by atoms with Crippen molar-refractivity contribution in [3.63, 3.8) is 0 Å². The van der Waals surface area contributed by atoms with Crippen molar-refractivity contribution >= 4 is 35.3 Å². The maximum atomic E-state index is 12.1. The quantitative estimate of drug-likeness (QED) is 0.691. The predicted octanol–water partition coefficient (Wildman–Crippen LogP) is 3.87. The van der Waals surface area contributed by atoms with E-state index in [0.717, 1.165) is 31.2 Å². The highest BCUT2D eigenvalue weighted by Gasteiger charge is 2.18. The van der Waals surface area contributed by atoms with Gasteiger partial charge in [0.2, 0.25) is 5.91 Å². The van der Waals surface area contributed by atoms with Crippen molar-refractivity contribution in [3.05, 3.63) is 29.3 Å². The molecule has 2 aromatic rings. The van der Waals surface area contributed by atoms with E-state index in [9.17, 15) is 9.59 Å². The second-order valence-corrected chi connectivity index (χ2v) is 8.08. The van der Waals surface area contributed by atoms with Gasteiger partial charge in [-0.1, -0.05) is 54.8 Å². The maximum absolute atomic E-state index is 12.1. The van der Waals surface area contributed by atoms with Crippen molar-refractivity contribution in [1.82, 2.24) is 25.4 Å². The molecule has 9 heteroatoms. The summed E-state index contributed by atoms with van der Waals surface area (Å²) >= 11 is 7.32. The minimum Gasteiger partial charge on any atom is -0.335 e. The SMILES string of the molecule is CCn1c(SCC(=O)NC(=O)NC2CCCCC2)nnc1-c1cccc(Cl)c1. The second-order valence-electron chi connectivity index (χ2n) is 6.71. The lowest BCUT2D eigenvalue weighted by Crippen LogP contribution is -2.45. The lowest BCUT2D eigenvalue weighted by Gasteiger charge is -2.22. The number of hydrogen-bond acceptors (Lipinski definition) is 5. The highest BCUT2D eigenvalue weighted by Crippen LogP contribution is 2.25. The van der Waals surface area contributed by atoms with E-state index < -0.39 is 6.03 Å². The summed E-state index contributed by atoms with van der Waals surface area (Å²) in [4.78, 5) is 24.1. The molecule has 150 valence electrons. The van der Waals surface area contributed by atoms with Crippen LogP contribution in [0.15, 0.2) is 29.4 Å². The summed E-state index contributed by atoms with van der Waals surface area (Å²) in [5.74, 6) is 0.433. The molecule has 2 N–H and O–H groups in total. The summed E-state index contributed by atoms with van der Waals surface area (Å²) in [6.45, 7) is 2.64. The van der Waals surface area contributed by atoms with Gasteiger partial charge in [0.05, 0.1) is 5.75 Å². The van der Waals surface area contributed by atoms with Gasteiger partial charge in [-0.15, -0.1) is 10.2 Å². The number of benzene rings is 1. The highest BCUT2D eigenvalue weighted by atomic mass is 35.5. The zero-order valence-electron chi connectivity index (χ0n) is 15.8. The van der Waals surface area contributed by atoms with E-state index in [0.29, 0.717) is 22.5 Å². The van der Waals surface area contributed by atoms with Crippen molar-refractivity contribution in [3.8, 4) is 11.4 Å². The van der Waals surface area contributed by atoms with Crippen LogP contribution in [-0.2, 0) is 11.3 Å². The van der Waals surface area contributed by atoms with Crippen molar-refractivity contribution in [1.29, 1.82) is 0 Å². The Morgan fingerprint density at radius 1 is 1.25 bits per heavy atom. The summed E-state index contributed by atoms with van der Waals surface area (Å²) in [6.07, 6.45) is 5.40. The van der Waals surface area contributed by atoms with Gasteiger partial charge in [0, 0.05) is 23.2 Å². The molecule has 3 amide bonds. The van der Waals surface area contributed by atoms with Crippen molar-refractivity contribution in [2.75, 3.05) is 5.75 Å². The van der Waals surface area contributed by atoms with Crippen LogP contribution in [0.2, 0.25) is 5.02 Å². The first kappa shape index (κ1) is 20.7. The van der Waals surface area contributed by atoms with E-state index in [1.165, 1.54) is 18.2 Å². The van der Waals surface area contributed by atoms with Crippen LogP contribution >= 0.6 is 23.4 Å². The molecule has 0 atom stereocenters. The minimum absolute atomic E-state index is 0.0891. The zero-order chi connectivity index (χ0) is 19.9. The molecule has 1 saturated carbocycles. The number of amides is 3. The largest absolute Gasteiger partial charge is 0.335 e. The molecule has 1 heterocycles. The van der Waals surface area contributed by atoms with E-state index in [2.05, 4.69) is 20.8 Å². The smallest absolute Gasteiger partial charge is 0.321 e. The van der Waals surface area contributed by atoms with Gasteiger partial charge >= 0.3 is 6.03 Å². The Morgan fingerprint density at radius 3 is 2.75 bits per heavy atom. The Kier molecular flexibility index (Phi) is 7.33. The maximum Gasteiger partial charge on any atom is 0.321 e. The second kappa shape index (κ2) is 9.93. The topological polar surface area (TPSA) is 88.9 Å². The van der Waals surface area contributed by atoms with Gasteiger partial charge in [0.15, 0.2) is 11.0 Å². The monoisotopic (exact) mass is 421 g/mol. The Labute approximate surface area is 173 Å². The standard InChI is InChI=1S/C19H24ClN5O2S/c1-2-25-17(13-7-6-8-14(20)11-13)23-24-19(25)28-12-16(26)22-18(27)21-15-9-4-3-5-10-15/h6-8,11,15H,2-5,9-10,12H2,1H3,(H2,21,22,26,27). The number of rotatable bonds is 6. The van der Waals surface area contributed by atoms with Gasteiger partial charge in [0.25, 0.3) is 0 Å². The van der Waals surface area contributed by atoms with Gasteiger partial charge in [-0.2, -0.15) is 0 Å². The molecule has 0 spiro atoms. The number of carbonyl (C=O) groups excluding carboxylic acids is 2. The van der Waals surface area contributed by atoms with Gasteiger partial charge in [0.1, 0.15) is 0 Å². The summed E-state index contributed by atoms with van der Waals surface area (Å²) in [5, 5.41) is 14.9. The van der Waals surface area contributed by atoms with Gasteiger partial charge < -0.3 is 9.88 Å². The molecule has 0 radical (unpaired) electrons. The molecule has 28 heavy (non-hydrogen) atoms. The minimum atomic E-state index is -0.422. The van der Waals surface area contributed by atoms with Crippen LogP contribution in [0.1, 0.15) is 39.0 Å². The number of imide groups is 1. The van der Waals surface area contributed by atoms with Crippen LogP contribution in [0.3, 0.4) is 0 Å². The molecule has 1 aliphatic rings. The van der Waals surface area contributed by atoms with Crippen LogP contribution in [0.5, 0.6) is 0 Å². The average Bonchev–Trinajstić information content (AvgIpc) is 3.10. The summed E-state index contributed by atoms with van der Waals surface area (Å²) in [5.41, 5.74) is 0.866. The van der Waals surface area contributed by atoms with E-state index in [-0.39, 0.29) is 17.7 Å². The number of hydrogen-bond donors (Lipinski definition) is 2. The number of thioether (sulfide) groups is 1. The Balaban J connectivity index is 1.55. The first-order valence-corrected chi connectivity index (χ1v) is 10.9. The first-order chi connectivity index (χ1) is 13.6. The molecular weight excluding hydrogens is 398 g/mol. The van der Waals surface area contributed by atoms with Gasteiger partial charge in [-0.05, 0) is 31.9 Å². The molecule has 0 bridgehead atoms. The number of nitrogens with zero attached hydrogens (tertiary/aromatic N) is 3. The molecule has 0 aliphatic heterocycles. The predicted molar refractivity (Wildman–Crippen MR) is 110 cm³/mol. The lowest BCUT2D eigenvalue weighted by atomic mass is 9.96. The fourth-order valence-electron chi connectivity index (χ4n) is 3.28. The van der Waals surface area contributed by atoms with Gasteiger partial charge in [-0.25, -0.2) is 4.79 Å². The van der Waals surface area contributed by atoms with Gasteiger partial charge in [-0.3, -0.25) is 10.1 Å². The number of aromatic nitrogens is 3. The van der Waals surface area contributed by atoms with E-state index in [1.807, 2.05) is 29.7 Å². The van der Waals surface area contributed by atoms with E-state index >= 15 is 0 Å². The molecule has 1 aromatic heterocycles. The summed E-state index contributed by atoms with van der Waals surface area (Å²) in [7, 11) is 0. The molecule has 0 unspecified atom stereocenters. The molecule has 1 aliphatic carbocycles. The third-order valence-corrected chi connectivity index (χ3v) is 5.84. The Morgan fingerprint density at radius 2 is 2.04 bits per heavy atom. The van der Waals surface area contributed by atoms with Crippen molar-refractivity contribution < 1.29 is 9.59 Å². The highest BCUT2D eigenvalue weighted by molar-refractivity contribution is 7.99. The van der Waals surface area contributed by atoms with Crippen LogP contribution in [-0.4, -0.2) is 38.5 Å². The molecule has 3 rings (SSSR count). The molecule has 0 saturated heterocycles. The first-order valence-electron chi connectivity index (χ1n) is 9.49. The molecule has 7 nitrogen and oxygen atoms in total. The summed E-state index contributed by atoms with van der Waals surface area (Å²) < 4.78 is 1.92. The molecule has 1 aromatic carbocycles. The molecular formula is C19H24ClN5O2S. The van der Waals surface area contributed by atoms with Crippen molar-refractivity contribution in [2.45, 2.75) is 56.8 Å². The average molecular weight is 422 g/mol. The Bertz CT molecular complexity index is 835. The summed E-state index contributed by atoms with van der Waals surface area (Å²) in [6, 6.07) is 7.15. The van der Waals surface area contributed by atoms with Crippen molar-refractivity contribution in [2.24, 2.45) is 0 Å². The third kappa shape index (κ3) is 5.48. The zero-order valence-corrected chi connectivity index (χ0v) is 17.4. The Hall–Kier alpha value is -2.06. The van der Waals surface area contributed by atoms with Crippen LogP contribution in [0.25, 0.3) is 11.4 Å². The third-order valence-electron chi connectivity index (χ3n) is 4.64. The number of urea groups is 1. The van der Waals surface area contributed by atoms with E-state index in [1.54, 1.807) is 6.07 Å². The van der Waals surface area contributed by atoms with E-state index in [4.69, 9.17) is 11.6 Å². The van der Waals surface area contributed by atoms with Crippen LogP contribution in [0, 0.1) is 0 Å². The van der Waals surface area contributed by atoms with Crippen LogP contribution in [0.4, 0.5) is 4.79 Å². The lowest BCUT2D eigenvalue weighted by molar-refractivity contribution is -0.117. The number of carbonyl (C=O) groups is 2. The van der Waals surface area contributed by atoms with Crippen LogP contribution < -0.4 is 10.6 Å². The number of halogens is 1. The fraction of sp³-hybridized carbons (Fsp3) is 0.474.